The Labute approximate surface area is 103 Å². The lowest BCUT2D eigenvalue weighted by Crippen LogP contribution is -2.39. The predicted molar refractivity (Wildman–Crippen MR) is 58.8 cm³/mol. The number of hydrogen-bond donors (Lipinski definition) is 0. The maximum atomic E-state index is 11.3. The van der Waals surface area contributed by atoms with Crippen molar-refractivity contribution in [2.45, 2.75) is 19.4 Å². The molecule has 0 spiro atoms. The van der Waals surface area contributed by atoms with Crippen LogP contribution in [0.4, 0.5) is 0 Å². The van der Waals surface area contributed by atoms with E-state index in [9.17, 15) is 4.79 Å². The minimum atomic E-state index is -1.21. The van der Waals surface area contributed by atoms with Gasteiger partial charge in [0.05, 0.1) is 7.11 Å². The van der Waals surface area contributed by atoms with Crippen molar-refractivity contribution in [1.29, 1.82) is 0 Å². The molecule has 0 aliphatic carbocycles. The third kappa shape index (κ3) is 3.21. The number of halogens is 2. The number of hydrogen-bond acceptors (Lipinski definition) is 5. The number of aromatic nitrogens is 2. The molecular weight excluding hydrogens is 255 g/mol. The molecule has 1 aromatic heterocycles. The Morgan fingerprint density at radius 1 is 1.31 bits per heavy atom. The summed E-state index contributed by atoms with van der Waals surface area (Å²) < 4.78 is 9.81. The number of carbonyl (C=O) groups is 1. The van der Waals surface area contributed by atoms with Gasteiger partial charge >= 0.3 is 12.0 Å². The second-order valence-electron chi connectivity index (χ2n) is 3.40. The molecule has 0 aromatic carbocycles. The van der Waals surface area contributed by atoms with Gasteiger partial charge in [-0.05, 0) is 13.8 Å². The maximum Gasteiger partial charge on any atom is 0.349 e. The molecule has 1 aromatic rings. The molecule has 1 heterocycles. The van der Waals surface area contributed by atoms with Crippen molar-refractivity contribution in [3.05, 3.63) is 16.4 Å². The first-order valence-electron chi connectivity index (χ1n) is 4.32. The van der Waals surface area contributed by atoms with Gasteiger partial charge in [-0.2, -0.15) is 9.97 Å². The fraction of sp³-hybridized carbons (Fsp3) is 0.444. The van der Waals surface area contributed by atoms with E-state index in [1.807, 2.05) is 0 Å². The Morgan fingerprint density at radius 2 is 1.81 bits per heavy atom. The summed E-state index contributed by atoms with van der Waals surface area (Å²) in [6.07, 6.45) is 0. The number of esters is 1. The molecule has 7 heteroatoms. The van der Waals surface area contributed by atoms with Crippen molar-refractivity contribution in [2.24, 2.45) is 0 Å². The minimum absolute atomic E-state index is 0.0760. The SMILES string of the molecule is COC(=O)C(C)(C)Oc1nc(Cl)cc(Cl)n1. The smallest absolute Gasteiger partial charge is 0.349 e. The van der Waals surface area contributed by atoms with E-state index in [0.29, 0.717) is 0 Å². The Kier molecular flexibility index (Phi) is 3.93. The van der Waals surface area contributed by atoms with E-state index in [-0.39, 0.29) is 16.3 Å². The molecule has 0 saturated carbocycles. The van der Waals surface area contributed by atoms with Gasteiger partial charge in [-0.1, -0.05) is 23.2 Å². The first-order chi connectivity index (χ1) is 7.35. The summed E-state index contributed by atoms with van der Waals surface area (Å²) in [4.78, 5) is 18.9. The summed E-state index contributed by atoms with van der Waals surface area (Å²) in [5.41, 5.74) is -1.21. The maximum absolute atomic E-state index is 11.3. The Morgan fingerprint density at radius 3 is 2.25 bits per heavy atom. The number of methoxy groups -OCH3 is 1. The van der Waals surface area contributed by atoms with Crippen LogP contribution < -0.4 is 4.74 Å². The second-order valence-corrected chi connectivity index (χ2v) is 4.17. The summed E-state index contributed by atoms with van der Waals surface area (Å²) in [6, 6.07) is 1.29. The Bertz CT molecular complexity index is 389. The number of ether oxygens (including phenoxy) is 2. The average Bonchev–Trinajstić information content (AvgIpc) is 2.13. The highest BCUT2D eigenvalue weighted by Gasteiger charge is 2.32. The van der Waals surface area contributed by atoms with Crippen LogP contribution in [0.2, 0.25) is 10.3 Å². The topological polar surface area (TPSA) is 61.3 Å². The fourth-order valence-corrected chi connectivity index (χ4v) is 1.34. The van der Waals surface area contributed by atoms with Crippen LogP contribution in [0.15, 0.2) is 6.07 Å². The van der Waals surface area contributed by atoms with Crippen molar-refractivity contribution in [3.63, 3.8) is 0 Å². The number of rotatable bonds is 3. The third-order valence-corrected chi connectivity index (χ3v) is 2.05. The summed E-state index contributed by atoms with van der Waals surface area (Å²) in [5.74, 6) is -0.549. The van der Waals surface area contributed by atoms with Crippen LogP contribution in [-0.2, 0) is 9.53 Å². The van der Waals surface area contributed by atoms with E-state index < -0.39 is 11.6 Å². The lowest BCUT2D eigenvalue weighted by Gasteiger charge is -2.21. The van der Waals surface area contributed by atoms with Crippen molar-refractivity contribution < 1.29 is 14.3 Å². The first-order valence-corrected chi connectivity index (χ1v) is 5.08. The summed E-state index contributed by atoms with van der Waals surface area (Å²) >= 11 is 11.3. The van der Waals surface area contributed by atoms with Gasteiger partial charge in [0.15, 0.2) is 0 Å². The molecule has 5 nitrogen and oxygen atoms in total. The molecule has 0 bridgehead atoms. The normalized spacial score (nSPS) is 11.1. The molecule has 0 unspecified atom stereocenters. The molecule has 0 radical (unpaired) electrons. The predicted octanol–water partition coefficient (Wildman–Crippen LogP) is 2.11. The van der Waals surface area contributed by atoms with Gasteiger partial charge in [-0.25, -0.2) is 4.79 Å². The van der Waals surface area contributed by atoms with Crippen LogP contribution in [0.25, 0.3) is 0 Å². The summed E-state index contributed by atoms with van der Waals surface area (Å²) in [7, 11) is 1.26. The van der Waals surface area contributed by atoms with E-state index >= 15 is 0 Å². The molecule has 0 N–H and O–H groups in total. The summed E-state index contributed by atoms with van der Waals surface area (Å²) in [6.45, 7) is 3.05. The van der Waals surface area contributed by atoms with Crippen LogP contribution >= 0.6 is 23.2 Å². The second kappa shape index (κ2) is 4.84. The molecule has 0 aliphatic heterocycles. The van der Waals surface area contributed by atoms with E-state index in [2.05, 4.69) is 14.7 Å². The molecule has 88 valence electrons. The van der Waals surface area contributed by atoms with Gasteiger partial charge < -0.3 is 9.47 Å². The first kappa shape index (κ1) is 13.0. The minimum Gasteiger partial charge on any atom is -0.466 e. The van der Waals surface area contributed by atoms with E-state index in [1.54, 1.807) is 0 Å². The molecular formula is C9H10Cl2N2O3. The zero-order valence-corrected chi connectivity index (χ0v) is 10.5. The van der Waals surface area contributed by atoms with E-state index in [0.717, 1.165) is 0 Å². The van der Waals surface area contributed by atoms with Crippen molar-refractivity contribution in [3.8, 4) is 6.01 Å². The Hall–Kier alpha value is -1.07. The number of nitrogens with zero attached hydrogens (tertiary/aromatic N) is 2. The number of carbonyl (C=O) groups excluding carboxylic acids is 1. The summed E-state index contributed by atoms with van der Waals surface area (Å²) in [5, 5.41) is 0.270. The highest BCUT2D eigenvalue weighted by atomic mass is 35.5. The zero-order valence-electron chi connectivity index (χ0n) is 8.95. The standard InChI is InChI=1S/C9H10Cl2N2O3/c1-9(2,7(14)15-3)16-8-12-5(10)4-6(11)13-8/h4H,1-3H3. The van der Waals surface area contributed by atoms with Gasteiger partial charge in [0.25, 0.3) is 0 Å². The van der Waals surface area contributed by atoms with Crippen LogP contribution in [0.3, 0.4) is 0 Å². The van der Waals surface area contributed by atoms with Gasteiger partial charge in [0.2, 0.25) is 5.60 Å². The van der Waals surface area contributed by atoms with Gasteiger partial charge in [-0.3, -0.25) is 0 Å². The molecule has 0 fully saturated rings. The van der Waals surface area contributed by atoms with Crippen LogP contribution in [0.5, 0.6) is 6.01 Å². The molecule has 0 aliphatic rings. The quantitative estimate of drug-likeness (QED) is 0.618. The zero-order chi connectivity index (χ0) is 12.3. The highest BCUT2D eigenvalue weighted by molar-refractivity contribution is 6.33. The van der Waals surface area contributed by atoms with Crippen molar-refractivity contribution >= 4 is 29.2 Å². The van der Waals surface area contributed by atoms with Crippen LogP contribution in [-0.4, -0.2) is 28.6 Å². The van der Waals surface area contributed by atoms with Gasteiger partial charge in [-0.15, -0.1) is 0 Å². The monoisotopic (exact) mass is 264 g/mol. The fourth-order valence-electron chi connectivity index (χ4n) is 0.932. The molecule has 0 saturated heterocycles. The average molecular weight is 265 g/mol. The largest absolute Gasteiger partial charge is 0.466 e. The highest BCUT2D eigenvalue weighted by Crippen LogP contribution is 2.20. The lowest BCUT2D eigenvalue weighted by molar-refractivity contribution is -0.156. The Balaban J connectivity index is 2.91. The van der Waals surface area contributed by atoms with Gasteiger partial charge in [0, 0.05) is 6.07 Å². The molecule has 16 heavy (non-hydrogen) atoms. The van der Waals surface area contributed by atoms with Crippen molar-refractivity contribution in [1.82, 2.24) is 9.97 Å². The van der Waals surface area contributed by atoms with Crippen molar-refractivity contribution in [2.75, 3.05) is 7.11 Å². The molecule has 0 atom stereocenters. The molecule has 1 rings (SSSR count). The van der Waals surface area contributed by atoms with Gasteiger partial charge in [0.1, 0.15) is 10.3 Å². The lowest BCUT2D eigenvalue weighted by atomic mass is 10.1. The third-order valence-electron chi connectivity index (χ3n) is 1.67. The van der Waals surface area contributed by atoms with E-state index in [1.165, 1.54) is 27.0 Å². The van der Waals surface area contributed by atoms with Crippen LogP contribution in [0.1, 0.15) is 13.8 Å². The van der Waals surface area contributed by atoms with E-state index in [4.69, 9.17) is 27.9 Å². The van der Waals surface area contributed by atoms with Crippen LogP contribution in [0, 0.1) is 0 Å². The molecule has 0 amide bonds.